The molecule has 21 heavy (non-hydrogen) atoms. The first-order chi connectivity index (χ1) is 10.1. The van der Waals surface area contributed by atoms with Crippen molar-refractivity contribution < 1.29 is 4.79 Å². The molecular weight excluding hydrogens is 262 g/mol. The first kappa shape index (κ1) is 16.0. The SMILES string of the molecule is Cc1cccc(C(=O)N2CCCN(CCCN)CC2)c1C. The van der Waals surface area contributed by atoms with Crippen LogP contribution < -0.4 is 5.73 Å². The summed E-state index contributed by atoms with van der Waals surface area (Å²) >= 11 is 0. The molecule has 1 fully saturated rings. The molecule has 0 spiro atoms. The molecule has 2 N–H and O–H groups in total. The largest absolute Gasteiger partial charge is 0.337 e. The maximum Gasteiger partial charge on any atom is 0.254 e. The Balaban J connectivity index is 2.01. The summed E-state index contributed by atoms with van der Waals surface area (Å²) in [5.74, 6) is 0.178. The molecule has 0 saturated carbocycles. The van der Waals surface area contributed by atoms with Gasteiger partial charge in [-0.1, -0.05) is 12.1 Å². The molecule has 0 bridgehead atoms. The number of aryl methyl sites for hydroxylation is 1. The van der Waals surface area contributed by atoms with Gasteiger partial charge < -0.3 is 15.5 Å². The van der Waals surface area contributed by atoms with Crippen LogP contribution >= 0.6 is 0 Å². The van der Waals surface area contributed by atoms with E-state index in [4.69, 9.17) is 5.73 Å². The minimum atomic E-state index is 0.178. The van der Waals surface area contributed by atoms with Crippen LogP contribution in [0.2, 0.25) is 0 Å². The molecule has 116 valence electrons. The van der Waals surface area contributed by atoms with Crippen molar-refractivity contribution in [1.82, 2.24) is 9.80 Å². The molecule has 0 atom stereocenters. The average molecular weight is 289 g/mol. The molecule has 1 aliphatic rings. The molecule has 0 unspecified atom stereocenters. The van der Waals surface area contributed by atoms with E-state index in [2.05, 4.69) is 17.9 Å². The minimum Gasteiger partial charge on any atom is -0.337 e. The van der Waals surface area contributed by atoms with Crippen LogP contribution in [0.3, 0.4) is 0 Å². The zero-order chi connectivity index (χ0) is 15.2. The van der Waals surface area contributed by atoms with Crippen LogP contribution in [0, 0.1) is 13.8 Å². The Hall–Kier alpha value is -1.39. The zero-order valence-corrected chi connectivity index (χ0v) is 13.3. The molecule has 0 radical (unpaired) electrons. The monoisotopic (exact) mass is 289 g/mol. The van der Waals surface area contributed by atoms with Crippen LogP contribution in [0.15, 0.2) is 18.2 Å². The number of amides is 1. The molecule has 1 amide bonds. The number of hydrogen-bond donors (Lipinski definition) is 1. The average Bonchev–Trinajstić information content (AvgIpc) is 2.73. The quantitative estimate of drug-likeness (QED) is 0.919. The Morgan fingerprint density at radius 3 is 2.76 bits per heavy atom. The predicted octanol–water partition coefficient (Wildman–Crippen LogP) is 1.80. The van der Waals surface area contributed by atoms with Gasteiger partial charge in [-0.2, -0.15) is 0 Å². The van der Waals surface area contributed by atoms with E-state index in [1.165, 1.54) is 5.56 Å². The van der Waals surface area contributed by atoms with Crippen molar-refractivity contribution in [1.29, 1.82) is 0 Å². The molecular formula is C17H27N3O. The summed E-state index contributed by atoms with van der Waals surface area (Å²) in [4.78, 5) is 17.2. The molecule has 0 aromatic heterocycles. The first-order valence-corrected chi connectivity index (χ1v) is 7.91. The highest BCUT2D eigenvalue weighted by molar-refractivity contribution is 5.96. The number of benzene rings is 1. The third-order valence-electron chi connectivity index (χ3n) is 4.39. The molecule has 1 aliphatic heterocycles. The molecule has 1 saturated heterocycles. The predicted molar refractivity (Wildman–Crippen MR) is 86.5 cm³/mol. The molecule has 0 aliphatic carbocycles. The van der Waals surface area contributed by atoms with Gasteiger partial charge >= 0.3 is 0 Å². The van der Waals surface area contributed by atoms with E-state index >= 15 is 0 Å². The van der Waals surface area contributed by atoms with Gasteiger partial charge in [-0.15, -0.1) is 0 Å². The summed E-state index contributed by atoms with van der Waals surface area (Å²) in [6.45, 7) is 9.57. The first-order valence-electron chi connectivity index (χ1n) is 7.91. The van der Waals surface area contributed by atoms with E-state index in [-0.39, 0.29) is 5.91 Å². The zero-order valence-electron chi connectivity index (χ0n) is 13.3. The molecule has 2 rings (SSSR count). The van der Waals surface area contributed by atoms with Crippen LogP contribution in [0.4, 0.5) is 0 Å². The number of rotatable bonds is 4. The lowest BCUT2D eigenvalue weighted by atomic mass is 10.0. The normalized spacial score (nSPS) is 16.8. The standard InChI is InChI=1S/C17H27N3O/c1-14-6-3-7-16(15(14)2)17(21)20-11-5-10-19(12-13-20)9-4-8-18/h3,6-7H,4-5,8-13,18H2,1-2H3. The second kappa shape index (κ2) is 7.57. The van der Waals surface area contributed by atoms with Crippen molar-refractivity contribution >= 4 is 5.91 Å². The van der Waals surface area contributed by atoms with Crippen molar-refractivity contribution in [2.24, 2.45) is 5.73 Å². The number of carbonyl (C=O) groups is 1. The fraction of sp³-hybridized carbons (Fsp3) is 0.588. The topological polar surface area (TPSA) is 49.6 Å². The smallest absolute Gasteiger partial charge is 0.254 e. The van der Waals surface area contributed by atoms with Gasteiger partial charge in [-0.3, -0.25) is 4.79 Å². The van der Waals surface area contributed by atoms with Gasteiger partial charge in [0, 0.05) is 25.2 Å². The lowest BCUT2D eigenvalue weighted by Crippen LogP contribution is -2.36. The van der Waals surface area contributed by atoms with Crippen LogP contribution in [-0.2, 0) is 0 Å². The minimum absolute atomic E-state index is 0.178. The van der Waals surface area contributed by atoms with Crippen LogP contribution in [0.5, 0.6) is 0 Å². The fourth-order valence-electron chi connectivity index (χ4n) is 2.87. The van der Waals surface area contributed by atoms with Crippen molar-refractivity contribution in [2.45, 2.75) is 26.7 Å². The van der Waals surface area contributed by atoms with Gasteiger partial charge in [0.1, 0.15) is 0 Å². The van der Waals surface area contributed by atoms with Gasteiger partial charge in [0.15, 0.2) is 0 Å². The van der Waals surface area contributed by atoms with E-state index in [1.54, 1.807) is 0 Å². The summed E-state index contributed by atoms with van der Waals surface area (Å²) in [7, 11) is 0. The Morgan fingerprint density at radius 2 is 2.00 bits per heavy atom. The van der Waals surface area contributed by atoms with Gasteiger partial charge in [0.25, 0.3) is 5.91 Å². The summed E-state index contributed by atoms with van der Waals surface area (Å²) < 4.78 is 0. The molecule has 4 heteroatoms. The van der Waals surface area contributed by atoms with Crippen molar-refractivity contribution in [3.63, 3.8) is 0 Å². The highest BCUT2D eigenvalue weighted by Gasteiger charge is 2.21. The van der Waals surface area contributed by atoms with Crippen LogP contribution in [-0.4, -0.2) is 55.0 Å². The van der Waals surface area contributed by atoms with E-state index in [1.807, 2.05) is 24.0 Å². The Labute approximate surface area is 127 Å². The molecule has 1 aromatic rings. The molecule has 1 heterocycles. The highest BCUT2D eigenvalue weighted by Crippen LogP contribution is 2.16. The van der Waals surface area contributed by atoms with Gasteiger partial charge in [0.05, 0.1) is 0 Å². The van der Waals surface area contributed by atoms with E-state index < -0.39 is 0 Å². The van der Waals surface area contributed by atoms with E-state index in [0.717, 1.165) is 63.2 Å². The number of nitrogens with two attached hydrogens (primary N) is 1. The Kier molecular flexibility index (Phi) is 5.76. The number of carbonyl (C=O) groups excluding carboxylic acids is 1. The summed E-state index contributed by atoms with van der Waals surface area (Å²) in [5, 5.41) is 0. The maximum atomic E-state index is 12.7. The third-order valence-corrected chi connectivity index (χ3v) is 4.39. The lowest BCUT2D eigenvalue weighted by molar-refractivity contribution is 0.0760. The number of nitrogens with zero attached hydrogens (tertiary/aromatic N) is 2. The van der Waals surface area contributed by atoms with Crippen molar-refractivity contribution in [2.75, 3.05) is 39.3 Å². The van der Waals surface area contributed by atoms with Gasteiger partial charge in [0.2, 0.25) is 0 Å². The van der Waals surface area contributed by atoms with Crippen LogP contribution in [0.1, 0.15) is 34.3 Å². The molecule has 1 aromatic carbocycles. The van der Waals surface area contributed by atoms with Gasteiger partial charge in [-0.25, -0.2) is 0 Å². The third kappa shape index (κ3) is 4.05. The van der Waals surface area contributed by atoms with Crippen molar-refractivity contribution in [3.05, 3.63) is 34.9 Å². The van der Waals surface area contributed by atoms with Crippen LogP contribution in [0.25, 0.3) is 0 Å². The summed E-state index contributed by atoms with van der Waals surface area (Å²) in [6, 6.07) is 5.98. The van der Waals surface area contributed by atoms with Crippen molar-refractivity contribution in [3.8, 4) is 0 Å². The van der Waals surface area contributed by atoms with E-state index in [0.29, 0.717) is 0 Å². The number of hydrogen-bond acceptors (Lipinski definition) is 3. The lowest BCUT2D eigenvalue weighted by Gasteiger charge is -2.23. The second-order valence-electron chi connectivity index (χ2n) is 5.88. The fourth-order valence-corrected chi connectivity index (χ4v) is 2.87. The van der Waals surface area contributed by atoms with E-state index in [9.17, 15) is 4.79 Å². The van der Waals surface area contributed by atoms with Gasteiger partial charge in [-0.05, 0) is 63.5 Å². The molecule has 4 nitrogen and oxygen atoms in total. The maximum absolute atomic E-state index is 12.7. The summed E-state index contributed by atoms with van der Waals surface area (Å²) in [6.07, 6.45) is 2.08. The Bertz CT molecular complexity index is 487. The highest BCUT2D eigenvalue weighted by atomic mass is 16.2. The Morgan fingerprint density at radius 1 is 1.19 bits per heavy atom. The summed E-state index contributed by atoms with van der Waals surface area (Å²) in [5.41, 5.74) is 8.71. The second-order valence-corrected chi connectivity index (χ2v) is 5.88.